The third-order valence-electron chi connectivity index (χ3n) is 13.2. The summed E-state index contributed by atoms with van der Waals surface area (Å²) >= 11 is 0. The van der Waals surface area contributed by atoms with E-state index in [1.807, 2.05) is 0 Å². The topological polar surface area (TPSA) is 175 Å². The number of ether oxygens (including phenoxy) is 5. The lowest BCUT2D eigenvalue weighted by Gasteiger charge is -2.40. The Balaban J connectivity index is 2.69. The Morgan fingerprint density at radius 1 is 0.453 bits per heavy atom. The van der Waals surface area contributed by atoms with Crippen LogP contribution in [0.3, 0.4) is 0 Å². The van der Waals surface area contributed by atoms with Crippen molar-refractivity contribution in [3.05, 3.63) is 72.9 Å². The van der Waals surface area contributed by atoms with E-state index in [1.54, 1.807) is 0 Å². The molecule has 1 saturated heterocycles. The zero-order valence-electron chi connectivity index (χ0n) is 47.3. The molecule has 12 nitrogen and oxygen atoms in total. The zero-order chi connectivity index (χ0) is 54.7. The summed E-state index contributed by atoms with van der Waals surface area (Å²) in [6.45, 7) is 5.81. The van der Waals surface area contributed by atoms with Gasteiger partial charge in [0.2, 0.25) is 0 Å². The van der Waals surface area contributed by atoms with Gasteiger partial charge in [-0.3, -0.25) is 14.4 Å². The van der Waals surface area contributed by atoms with Crippen LogP contribution >= 0.6 is 0 Å². The summed E-state index contributed by atoms with van der Waals surface area (Å²) in [4.78, 5) is 51.1. The van der Waals surface area contributed by atoms with Crippen LogP contribution in [0, 0.1) is 0 Å². The summed E-state index contributed by atoms with van der Waals surface area (Å²) in [5, 5.41) is 31.5. The monoisotopic (exact) mass is 1050 g/mol. The smallest absolute Gasteiger partial charge is 0.335 e. The van der Waals surface area contributed by atoms with Gasteiger partial charge in [0.05, 0.1) is 6.61 Å². The average Bonchev–Trinajstić information content (AvgIpc) is 3.39. The summed E-state index contributed by atoms with van der Waals surface area (Å²) in [5.74, 6) is -3.17. The average molecular weight is 1060 g/mol. The Hall–Kier alpha value is -3.84. The Bertz CT molecular complexity index is 1580. The molecule has 0 radical (unpaired) electrons. The number of allylic oxidation sites excluding steroid dienone is 12. The van der Waals surface area contributed by atoms with Gasteiger partial charge in [0.25, 0.3) is 0 Å². The highest BCUT2D eigenvalue weighted by Gasteiger charge is 2.50. The Morgan fingerprint density at radius 3 is 1.33 bits per heavy atom. The summed E-state index contributed by atoms with van der Waals surface area (Å²) < 4.78 is 28.4. The largest absolute Gasteiger partial charge is 0.479 e. The zero-order valence-corrected chi connectivity index (χ0v) is 47.3. The first kappa shape index (κ1) is 69.2. The van der Waals surface area contributed by atoms with Crippen molar-refractivity contribution >= 4 is 23.9 Å². The number of hydrogen-bond acceptors (Lipinski definition) is 11. The lowest BCUT2D eigenvalue weighted by Crippen LogP contribution is -2.61. The van der Waals surface area contributed by atoms with Crippen LogP contribution in [0.5, 0.6) is 0 Å². The van der Waals surface area contributed by atoms with E-state index in [2.05, 4.69) is 93.7 Å². The van der Waals surface area contributed by atoms with Crippen molar-refractivity contribution in [3.8, 4) is 0 Å². The van der Waals surface area contributed by atoms with Gasteiger partial charge >= 0.3 is 23.9 Å². The molecule has 1 heterocycles. The third kappa shape index (κ3) is 41.0. The number of carbonyl (C=O) groups is 4. The molecule has 0 amide bonds. The number of aliphatic hydroxyl groups excluding tert-OH is 2. The minimum Gasteiger partial charge on any atom is -0.479 e. The van der Waals surface area contributed by atoms with Crippen LogP contribution < -0.4 is 0 Å². The number of hydrogen-bond donors (Lipinski definition) is 3. The van der Waals surface area contributed by atoms with Crippen molar-refractivity contribution in [1.82, 2.24) is 0 Å². The molecule has 1 fully saturated rings. The molecule has 430 valence electrons. The minimum atomic E-state index is -1.91. The summed E-state index contributed by atoms with van der Waals surface area (Å²) in [6.07, 6.45) is 51.6. The maximum absolute atomic E-state index is 13.1. The molecular formula is C63H106O12. The lowest BCUT2D eigenvalue weighted by molar-refractivity contribution is -0.301. The highest BCUT2D eigenvalue weighted by molar-refractivity contribution is 5.74. The summed E-state index contributed by atoms with van der Waals surface area (Å²) in [6, 6.07) is 0. The second kappa shape index (κ2) is 50.9. The molecule has 75 heavy (non-hydrogen) atoms. The molecule has 0 saturated carbocycles. The second-order valence-electron chi connectivity index (χ2n) is 20.2. The molecule has 3 N–H and O–H groups in total. The molecule has 0 bridgehead atoms. The summed E-state index contributed by atoms with van der Waals surface area (Å²) in [5.41, 5.74) is 0. The number of esters is 3. The fourth-order valence-corrected chi connectivity index (χ4v) is 8.64. The van der Waals surface area contributed by atoms with Crippen LogP contribution in [0.25, 0.3) is 0 Å². The standard InChI is InChI=1S/C63H106O12/c1-4-7-10-13-16-19-22-25-26-27-28-29-30-33-34-37-40-43-46-49-55(64)71-52-54(73-56(65)50-47-44-41-38-35-31-23-20-17-14-11-8-5-2)53-72-63-61(59(68)58(67)60(75-63)62(69)70)74-57(66)51-48-45-42-39-36-32-24-21-18-15-12-9-6-3/h8,11,16-17,19-21,24-26,31,35,54,58-61,63,67-68H,4-7,9-10,12-15,18,22-23,27-30,32-34,36-53H2,1-3H3,(H,69,70)/b11-8-,19-16-,20-17-,24-21-,26-25-,35-31-. The van der Waals surface area contributed by atoms with Gasteiger partial charge in [0.15, 0.2) is 24.6 Å². The van der Waals surface area contributed by atoms with Crippen LogP contribution in [0.15, 0.2) is 72.9 Å². The van der Waals surface area contributed by atoms with Crippen LogP contribution in [0.4, 0.5) is 0 Å². The Labute approximate surface area is 455 Å². The number of aliphatic carboxylic acids is 1. The van der Waals surface area contributed by atoms with E-state index in [0.29, 0.717) is 19.3 Å². The highest BCUT2D eigenvalue weighted by Crippen LogP contribution is 2.26. The molecule has 6 atom stereocenters. The van der Waals surface area contributed by atoms with E-state index < -0.39 is 67.3 Å². The van der Waals surface area contributed by atoms with Gasteiger partial charge in [-0.15, -0.1) is 0 Å². The molecule has 0 spiro atoms. The molecule has 0 aromatic rings. The number of aliphatic hydroxyl groups is 2. The number of carboxylic acid groups (broad SMARTS) is 1. The molecule has 0 aromatic carbocycles. The first-order chi connectivity index (χ1) is 36.6. The van der Waals surface area contributed by atoms with Gasteiger partial charge in [-0.25, -0.2) is 4.79 Å². The first-order valence-corrected chi connectivity index (χ1v) is 29.9. The maximum atomic E-state index is 13.1. The van der Waals surface area contributed by atoms with Crippen LogP contribution in [0.1, 0.15) is 252 Å². The van der Waals surface area contributed by atoms with E-state index in [1.165, 1.54) is 83.5 Å². The molecule has 1 aliphatic rings. The quantitative estimate of drug-likeness (QED) is 0.0228. The number of carboxylic acids is 1. The van der Waals surface area contributed by atoms with Crippen molar-refractivity contribution in [2.24, 2.45) is 0 Å². The fourth-order valence-electron chi connectivity index (χ4n) is 8.64. The van der Waals surface area contributed by atoms with Crippen LogP contribution in [0.2, 0.25) is 0 Å². The highest BCUT2D eigenvalue weighted by atomic mass is 16.7. The number of rotatable bonds is 50. The predicted molar refractivity (Wildman–Crippen MR) is 303 cm³/mol. The van der Waals surface area contributed by atoms with Crippen molar-refractivity contribution < 1.29 is 58.2 Å². The van der Waals surface area contributed by atoms with Crippen molar-refractivity contribution in [1.29, 1.82) is 0 Å². The van der Waals surface area contributed by atoms with Gasteiger partial charge < -0.3 is 39.0 Å². The lowest BCUT2D eigenvalue weighted by atomic mass is 9.98. The van der Waals surface area contributed by atoms with Crippen LogP contribution in [-0.4, -0.2) is 89.2 Å². The predicted octanol–water partition coefficient (Wildman–Crippen LogP) is 15.3. The van der Waals surface area contributed by atoms with Crippen molar-refractivity contribution in [3.63, 3.8) is 0 Å². The Morgan fingerprint density at radius 2 is 0.840 bits per heavy atom. The maximum Gasteiger partial charge on any atom is 0.335 e. The van der Waals surface area contributed by atoms with E-state index in [-0.39, 0.29) is 25.9 Å². The van der Waals surface area contributed by atoms with Gasteiger partial charge in [0, 0.05) is 19.3 Å². The van der Waals surface area contributed by atoms with Gasteiger partial charge in [-0.1, -0.05) is 196 Å². The minimum absolute atomic E-state index is 0.0450. The molecule has 1 aliphatic heterocycles. The number of unbranched alkanes of at least 4 members (excludes halogenated alkanes) is 24. The van der Waals surface area contributed by atoms with E-state index in [0.717, 1.165) is 109 Å². The first-order valence-electron chi connectivity index (χ1n) is 29.9. The van der Waals surface area contributed by atoms with Gasteiger partial charge in [-0.2, -0.15) is 0 Å². The summed E-state index contributed by atoms with van der Waals surface area (Å²) in [7, 11) is 0. The Kier molecular flexibility index (Phi) is 47.0. The number of carbonyl (C=O) groups excluding carboxylic acids is 3. The molecule has 0 aromatic heterocycles. The second-order valence-corrected chi connectivity index (χ2v) is 20.2. The molecular weight excluding hydrogens is 949 g/mol. The normalized spacial score (nSPS) is 18.7. The fraction of sp³-hybridized carbons (Fsp3) is 0.746. The van der Waals surface area contributed by atoms with E-state index in [4.69, 9.17) is 23.7 Å². The SMILES string of the molecule is CC/C=C\C/C=C\C/C=C\CCCCCC(=O)OC(COC(=O)CCCCCCCCCCC/C=C\C/C=C\CCCCC)COC1OC(C(=O)O)C(O)C(O)C1OC(=O)CCCCCCC/C=C\CCCCCC. The van der Waals surface area contributed by atoms with Crippen molar-refractivity contribution in [2.75, 3.05) is 13.2 Å². The molecule has 0 aliphatic carbocycles. The third-order valence-corrected chi connectivity index (χ3v) is 13.2. The van der Waals surface area contributed by atoms with Crippen molar-refractivity contribution in [2.45, 2.75) is 289 Å². The van der Waals surface area contributed by atoms with E-state index >= 15 is 0 Å². The molecule has 12 heteroatoms. The van der Waals surface area contributed by atoms with Crippen LogP contribution in [-0.2, 0) is 42.9 Å². The van der Waals surface area contributed by atoms with Gasteiger partial charge in [0.1, 0.15) is 18.8 Å². The van der Waals surface area contributed by atoms with Gasteiger partial charge in [-0.05, 0) is 109 Å². The molecule has 1 rings (SSSR count). The van der Waals surface area contributed by atoms with E-state index in [9.17, 15) is 34.5 Å². The molecule has 6 unspecified atom stereocenters.